The second-order valence-electron chi connectivity index (χ2n) is 3.08. The number of ether oxygens (including phenoxy) is 1. The molecule has 0 radical (unpaired) electrons. The van der Waals surface area contributed by atoms with Crippen molar-refractivity contribution in [3.8, 4) is 0 Å². The van der Waals surface area contributed by atoms with Crippen LogP contribution in [0, 0.1) is 12.5 Å². The Balaban J connectivity index is 0.000001000. The van der Waals surface area contributed by atoms with Crippen molar-refractivity contribution in [3.63, 3.8) is 0 Å². The maximum atomic E-state index is 5.41. The number of rotatable bonds is 2. The molecule has 2 nitrogen and oxygen atoms in total. The van der Waals surface area contributed by atoms with Gasteiger partial charge in [-0.2, -0.15) is 6.42 Å². The van der Waals surface area contributed by atoms with E-state index in [2.05, 4.69) is 6.92 Å². The first-order valence-corrected chi connectivity index (χ1v) is 4.00. The number of hydrogen-bond donors (Lipinski definition) is 1. The zero-order valence-electron chi connectivity index (χ0n) is 6.95. The maximum absolute atomic E-state index is 5.41. The first kappa shape index (κ1) is 11.6. The van der Waals surface area contributed by atoms with Gasteiger partial charge in [0.2, 0.25) is 0 Å². The van der Waals surface area contributed by atoms with Crippen molar-refractivity contribution in [2.24, 2.45) is 11.7 Å². The molecule has 2 unspecified atom stereocenters. The van der Waals surface area contributed by atoms with Crippen LogP contribution in [-0.4, -0.2) is 12.6 Å². The summed E-state index contributed by atoms with van der Waals surface area (Å²) in [6.45, 7) is 4.92. The van der Waals surface area contributed by atoms with Crippen molar-refractivity contribution in [3.05, 3.63) is 6.61 Å². The van der Waals surface area contributed by atoms with E-state index < -0.39 is 0 Å². The average molecular weight is 326 g/mol. The predicted molar refractivity (Wildman–Crippen MR) is 41.2 cm³/mol. The van der Waals surface area contributed by atoms with Crippen molar-refractivity contribution >= 4 is 0 Å². The zero-order chi connectivity index (χ0) is 7.40. The van der Waals surface area contributed by atoms with E-state index in [1.807, 2.05) is 6.61 Å². The van der Waals surface area contributed by atoms with Crippen LogP contribution in [0.5, 0.6) is 0 Å². The Kier molecular flexibility index (Phi) is 6.50. The van der Waals surface area contributed by atoms with E-state index in [1.54, 1.807) is 0 Å². The van der Waals surface area contributed by atoms with E-state index in [1.165, 1.54) is 6.42 Å². The third-order valence-corrected chi connectivity index (χ3v) is 1.94. The molecule has 1 aliphatic rings. The van der Waals surface area contributed by atoms with Gasteiger partial charge < -0.3 is 10.5 Å². The van der Waals surface area contributed by atoms with Gasteiger partial charge in [-0.15, -0.1) is 0 Å². The smallest absolute Gasteiger partial charge is 0.0244 e. The van der Waals surface area contributed by atoms with Crippen LogP contribution >= 0.6 is 0 Å². The molecule has 0 amide bonds. The van der Waals surface area contributed by atoms with E-state index in [4.69, 9.17) is 10.5 Å². The molecule has 1 aliphatic heterocycles. The minimum Gasteiger partial charge on any atom is -0.550 e. The van der Waals surface area contributed by atoms with E-state index in [0.29, 0.717) is 6.10 Å². The Morgan fingerprint density at radius 1 is 1.64 bits per heavy atom. The van der Waals surface area contributed by atoms with Gasteiger partial charge in [0.25, 0.3) is 0 Å². The van der Waals surface area contributed by atoms with Crippen molar-refractivity contribution in [1.82, 2.24) is 0 Å². The van der Waals surface area contributed by atoms with E-state index in [-0.39, 0.29) is 21.1 Å². The van der Waals surface area contributed by atoms with Crippen LogP contribution in [0.25, 0.3) is 0 Å². The van der Waals surface area contributed by atoms with Gasteiger partial charge in [0.05, 0.1) is 0 Å². The van der Waals surface area contributed by atoms with Crippen LogP contribution in [0.2, 0.25) is 0 Å². The molecule has 2 N–H and O–H groups in total. The Hall–Kier alpha value is 0.608. The summed E-state index contributed by atoms with van der Waals surface area (Å²) in [7, 11) is 0. The fourth-order valence-electron chi connectivity index (χ4n) is 1.33. The molecule has 0 aromatic carbocycles. The normalized spacial score (nSPS) is 31.1. The summed E-state index contributed by atoms with van der Waals surface area (Å²) < 4.78 is 5.38. The number of nitrogens with two attached hydrogens (primary N) is 1. The van der Waals surface area contributed by atoms with Crippen LogP contribution in [0.15, 0.2) is 0 Å². The summed E-state index contributed by atoms with van der Waals surface area (Å²) in [6, 6.07) is 0. The molecule has 66 valence electrons. The number of hydrogen-bond acceptors (Lipinski definition) is 2. The summed E-state index contributed by atoms with van der Waals surface area (Å²) in [4.78, 5) is 0. The van der Waals surface area contributed by atoms with Crippen molar-refractivity contribution in [2.75, 3.05) is 6.54 Å². The molecular weight excluding hydrogens is 310 g/mol. The van der Waals surface area contributed by atoms with Gasteiger partial charge in [0, 0.05) is 27.2 Å². The minimum atomic E-state index is 0. The molecule has 1 heterocycles. The molecule has 1 saturated heterocycles. The van der Waals surface area contributed by atoms with Crippen LogP contribution in [0.1, 0.15) is 26.2 Å². The van der Waals surface area contributed by atoms with E-state index in [9.17, 15) is 0 Å². The third kappa shape index (κ3) is 4.24. The molecule has 0 aromatic rings. The van der Waals surface area contributed by atoms with Gasteiger partial charge in [-0.1, -0.05) is 12.8 Å². The van der Waals surface area contributed by atoms with Crippen molar-refractivity contribution in [1.29, 1.82) is 0 Å². The molecule has 0 aromatic heterocycles. The monoisotopic (exact) mass is 326 g/mol. The molecule has 11 heavy (non-hydrogen) atoms. The van der Waals surface area contributed by atoms with Crippen molar-refractivity contribution in [2.45, 2.75) is 32.3 Å². The zero-order valence-corrected chi connectivity index (χ0v) is 9.89. The van der Waals surface area contributed by atoms with Gasteiger partial charge in [-0.25, -0.2) is 6.61 Å². The molecule has 0 saturated carbocycles. The summed E-state index contributed by atoms with van der Waals surface area (Å²) in [5, 5.41) is 0. The molecule has 0 spiro atoms. The van der Waals surface area contributed by atoms with Crippen LogP contribution in [0.4, 0.5) is 0 Å². The van der Waals surface area contributed by atoms with E-state index >= 15 is 0 Å². The molecule has 1 rings (SSSR count). The Labute approximate surface area is 83.1 Å². The van der Waals surface area contributed by atoms with Crippen molar-refractivity contribution < 1.29 is 25.8 Å². The molecule has 0 bridgehead atoms. The predicted octanol–water partition coefficient (Wildman–Crippen LogP) is 1.31. The second-order valence-corrected chi connectivity index (χ2v) is 3.08. The molecule has 2 atom stereocenters. The Morgan fingerprint density at radius 3 is 2.91 bits per heavy atom. The molecule has 1 fully saturated rings. The van der Waals surface area contributed by atoms with E-state index in [0.717, 1.165) is 25.3 Å². The summed E-state index contributed by atoms with van der Waals surface area (Å²) in [5.74, 6) is 0.783. The van der Waals surface area contributed by atoms with Crippen LogP contribution < -0.4 is 5.73 Å². The third-order valence-electron chi connectivity index (χ3n) is 1.94. The van der Waals surface area contributed by atoms with Gasteiger partial charge in [-0.05, 0) is 19.4 Å². The first-order valence-electron chi connectivity index (χ1n) is 4.00. The van der Waals surface area contributed by atoms with Crippen LogP contribution in [0.3, 0.4) is 0 Å². The second kappa shape index (κ2) is 6.16. The van der Waals surface area contributed by atoms with Crippen LogP contribution in [-0.2, 0) is 25.8 Å². The fourth-order valence-corrected chi connectivity index (χ4v) is 1.33. The summed E-state index contributed by atoms with van der Waals surface area (Å²) in [5.41, 5.74) is 5.41. The molecular formula is C8H16NOW-. The first-order chi connectivity index (χ1) is 4.83. The topological polar surface area (TPSA) is 35.2 Å². The summed E-state index contributed by atoms with van der Waals surface area (Å²) >= 11 is 0. The molecule has 0 aliphatic carbocycles. The maximum Gasteiger partial charge on any atom is 0.0244 e. The average Bonchev–Trinajstić information content (AvgIpc) is 1.88. The standard InChI is InChI=1S/C8H16NO.W/c1-7-3-5-10-8(6-7)2-4-9;/h5,7-8H,2-4,6,9H2,1H3;/q-1;. The fraction of sp³-hybridized carbons (Fsp3) is 0.875. The molecule has 3 heteroatoms. The van der Waals surface area contributed by atoms with Gasteiger partial charge in [-0.3, -0.25) is 0 Å². The Morgan fingerprint density at radius 2 is 2.36 bits per heavy atom. The summed E-state index contributed by atoms with van der Waals surface area (Å²) in [6.07, 6.45) is 3.67. The minimum absolute atomic E-state index is 0. The van der Waals surface area contributed by atoms with Gasteiger partial charge in [0.15, 0.2) is 0 Å². The quantitative estimate of drug-likeness (QED) is 0.777. The van der Waals surface area contributed by atoms with Gasteiger partial charge in [0.1, 0.15) is 0 Å². The largest absolute Gasteiger partial charge is 0.550 e. The SMILES string of the molecule is CC1C[CH-]OC(CCN)C1.[W]. The Bertz CT molecular complexity index is 98.1. The van der Waals surface area contributed by atoms with Gasteiger partial charge >= 0.3 is 0 Å².